The van der Waals surface area contributed by atoms with Crippen LogP contribution in [-0.4, -0.2) is 29.9 Å². The van der Waals surface area contributed by atoms with Crippen molar-refractivity contribution in [3.8, 4) is 0 Å². The summed E-state index contributed by atoms with van der Waals surface area (Å²) in [5.74, 6) is 0.264. The number of amides is 1. The number of nitrogens with two attached hydrogens (primary N) is 1. The quantitative estimate of drug-likeness (QED) is 0.649. The van der Waals surface area contributed by atoms with Gasteiger partial charge in [0.15, 0.2) is 0 Å². The molecule has 0 radical (unpaired) electrons. The fraction of sp³-hybridized carbons (Fsp3) is 0.923. The predicted octanol–water partition coefficient (Wildman–Crippen LogP) is 2.54. The number of hydrogen-bond donors (Lipinski definition) is 1. The summed E-state index contributed by atoms with van der Waals surface area (Å²) < 4.78 is 0. The monoisotopic (exact) mass is 228 g/mol. The van der Waals surface area contributed by atoms with Crippen LogP contribution in [-0.2, 0) is 4.79 Å². The largest absolute Gasteiger partial charge is 0.341 e. The lowest BCUT2D eigenvalue weighted by atomic mass is 9.99. The molecule has 0 saturated heterocycles. The Bertz CT molecular complexity index is 202. The molecular formula is C13H28N2O. The van der Waals surface area contributed by atoms with Gasteiger partial charge in [0.25, 0.3) is 0 Å². The van der Waals surface area contributed by atoms with Gasteiger partial charge >= 0.3 is 0 Å². The maximum atomic E-state index is 11.9. The molecule has 0 aromatic carbocycles. The summed E-state index contributed by atoms with van der Waals surface area (Å²) in [5.41, 5.74) is 5.40. The minimum atomic E-state index is -0.0195. The van der Waals surface area contributed by atoms with Crippen molar-refractivity contribution in [2.45, 2.75) is 64.8 Å². The van der Waals surface area contributed by atoms with Gasteiger partial charge in [-0.25, -0.2) is 0 Å². The molecule has 0 heterocycles. The molecule has 16 heavy (non-hydrogen) atoms. The fourth-order valence-electron chi connectivity index (χ4n) is 1.52. The van der Waals surface area contributed by atoms with Gasteiger partial charge in [0.1, 0.15) is 0 Å². The number of unbranched alkanes of at least 4 members (excludes halogenated alkanes) is 3. The first kappa shape index (κ1) is 15.4. The smallest absolute Gasteiger partial charge is 0.222 e. The Labute approximate surface area is 100 Å². The second-order valence-corrected chi connectivity index (χ2v) is 5.07. The van der Waals surface area contributed by atoms with Gasteiger partial charge in [-0.15, -0.1) is 0 Å². The van der Waals surface area contributed by atoms with Crippen molar-refractivity contribution >= 4 is 5.91 Å². The van der Waals surface area contributed by atoms with E-state index in [0.717, 1.165) is 38.6 Å². The third-order valence-electron chi connectivity index (χ3n) is 3.49. The van der Waals surface area contributed by atoms with Gasteiger partial charge in [0.05, 0.1) is 0 Å². The Morgan fingerprint density at radius 3 is 2.25 bits per heavy atom. The Kier molecular flexibility index (Phi) is 7.39. The minimum Gasteiger partial charge on any atom is -0.341 e. The lowest BCUT2D eigenvalue weighted by Gasteiger charge is -2.35. The molecule has 1 amide bonds. The summed E-state index contributed by atoms with van der Waals surface area (Å²) in [6, 6.07) is 0. The topological polar surface area (TPSA) is 46.3 Å². The maximum absolute atomic E-state index is 11.9. The van der Waals surface area contributed by atoms with Crippen LogP contribution in [0.1, 0.15) is 59.3 Å². The van der Waals surface area contributed by atoms with Crippen molar-refractivity contribution in [1.82, 2.24) is 4.90 Å². The molecule has 0 bridgehead atoms. The van der Waals surface area contributed by atoms with Crippen LogP contribution in [0.4, 0.5) is 0 Å². The standard InChI is InChI=1S/C13H28N2O/c1-5-13(2,3)15(4)12(16)10-8-6-7-9-11-14/h5-11,14H2,1-4H3. The van der Waals surface area contributed by atoms with Crippen LogP contribution in [0.3, 0.4) is 0 Å². The number of hydrogen-bond acceptors (Lipinski definition) is 2. The number of nitrogens with zero attached hydrogens (tertiary/aromatic N) is 1. The van der Waals surface area contributed by atoms with Gasteiger partial charge < -0.3 is 10.6 Å². The van der Waals surface area contributed by atoms with E-state index in [4.69, 9.17) is 5.73 Å². The number of carbonyl (C=O) groups is 1. The molecule has 0 spiro atoms. The summed E-state index contributed by atoms with van der Waals surface area (Å²) in [4.78, 5) is 13.8. The van der Waals surface area contributed by atoms with E-state index < -0.39 is 0 Å². The van der Waals surface area contributed by atoms with E-state index in [2.05, 4.69) is 20.8 Å². The summed E-state index contributed by atoms with van der Waals surface area (Å²) in [5, 5.41) is 0. The summed E-state index contributed by atoms with van der Waals surface area (Å²) >= 11 is 0. The lowest BCUT2D eigenvalue weighted by molar-refractivity contribution is -0.134. The fourth-order valence-corrected chi connectivity index (χ4v) is 1.52. The third-order valence-corrected chi connectivity index (χ3v) is 3.49. The molecule has 0 aliphatic heterocycles. The van der Waals surface area contributed by atoms with Gasteiger partial charge in [-0.3, -0.25) is 4.79 Å². The van der Waals surface area contributed by atoms with Crippen LogP contribution < -0.4 is 5.73 Å². The molecule has 0 aliphatic carbocycles. The second kappa shape index (κ2) is 7.66. The van der Waals surface area contributed by atoms with Crippen LogP contribution in [0, 0.1) is 0 Å². The highest BCUT2D eigenvalue weighted by atomic mass is 16.2. The van der Waals surface area contributed by atoms with E-state index >= 15 is 0 Å². The number of rotatable bonds is 8. The van der Waals surface area contributed by atoms with Gasteiger partial charge in [-0.1, -0.05) is 19.8 Å². The Morgan fingerprint density at radius 1 is 1.19 bits per heavy atom. The predicted molar refractivity (Wildman–Crippen MR) is 69.3 cm³/mol. The van der Waals surface area contributed by atoms with Gasteiger partial charge in [-0.05, 0) is 39.7 Å². The van der Waals surface area contributed by atoms with Gasteiger partial charge in [0.2, 0.25) is 5.91 Å². The molecular weight excluding hydrogens is 200 g/mol. The van der Waals surface area contributed by atoms with E-state index in [0.29, 0.717) is 6.42 Å². The molecule has 0 atom stereocenters. The van der Waals surface area contributed by atoms with Crippen LogP contribution in [0.2, 0.25) is 0 Å². The van der Waals surface area contributed by atoms with Crippen molar-refractivity contribution in [3.05, 3.63) is 0 Å². The Balaban J connectivity index is 3.80. The van der Waals surface area contributed by atoms with Crippen molar-refractivity contribution in [2.75, 3.05) is 13.6 Å². The summed E-state index contributed by atoms with van der Waals surface area (Å²) in [7, 11) is 1.91. The lowest BCUT2D eigenvalue weighted by Crippen LogP contribution is -2.44. The van der Waals surface area contributed by atoms with E-state index in [1.54, 1.807) is 0 Å². The number of carbonyl (C=O) groups excluding carboxylic acids is 1. The van der Waals surface area contributed by atoms with Crippen LogP contribution in [0.5, 0.6) is 0 Å². The zero-order chi connectivity index (χ0) is 12.6. The Morgan fingerprint density at radius 2 is 1.75 bits per heavy atom. The minimum absolute atomic E-state index is 0.0195. The molecule has 2 N–H and O–H groups in total. The highest BCUT2D eigenvalue weighted by Crippen LogP contribution is 2.18. The first-order valence-electron chi connectivity index (χ1n) is 6.42. The first-order valence-corrected chi connectivity index (χ1v) is 6.42. The van der Waals surface area contributed by atoms with Gasteiger partial charge in [0, 0.05) is 19.0 Å². The van der Waals surface area contributed by atoms with Crippen LogP contribution in [0.25, 0.3) is 0 Å². The molecule has 3 nitrogen and oxygen atoms in total. The average molecular weight is 228 g/mol. The molecule has 0 aliphatic rings. The Hall–Kier alpha value is -0.570. The molecule has 3 heteroatoms. The van der Waals surface area contributed by atoms with Crippen molar-refractivity contribution in [2.24, 2.45) is 5.73 Å². The molecule has 0 saturated carbocycles. The molecule has 0 aromatic heterocycles. The average Bonchev–Trinajstić information content (AvgIpc) is 2.27. The molecule has 0 unspecified atom stereocenters. The second-order valence-electron chi connectivity index (χ2n) is 5.07. The molecule has 0 aromatic rings. The SMILES string of the molecule is CCC(C)(C)N(C)C(=O)CCCCCCN. The zero-order valence-electron chi connectivity index (χ0n) is 11.4. The maximum Gasteiger partial charge on any atom is 0.222 e. The van der Waals surface area contributed by atoms with Gasteiger partial charge in [-0.2, -0.15) is 0 Å². The first-order chi connectivity index (χ1) is 7.45. The van der Waals surface area contributed by atoms with Crippen molar-refractivity contribution in [3.63, 3.8) is 0 Å². The van der Waals surface area contributed by atoms with Crippen molar-refractivity contribution < 1.29 is 4.79 Å². The third kappa shape index (κ3) is 5.50. The summed E-state index contributed by atoms with van der Waals surface area (Å²) in [6.45, 7) is 7.10. The highest BCUT2D eigenvalue weighted by molar-refractivity contribution is 5.76. The zero-order valence-corrected chi connectivity index (χ0v) is 11.4. The van der Waals surface area contributed by atoms with E-state index in [1.807, 2.05) is 11.9 Å². The van der Waals surface area contributed by atoms with Crippen LogP contribution >= 0.6 is 0 Å². The normalized spacial score (nSPS) is 11.6. The van der Waals surface area contributed by atoms with Crippen molar-refractivity contribution in [1.29, 1.82) is 0 Å². The summed E-state index contributed by atoms with van der Waals surface area (Å²) in [6.07, 6.45) is 5.98. The van der Waals surface area contributed by atoms with E-state index in [1.165, 1.54) is 0 Å². The van der Waals surface area contributed by atoms with Crippen LogP contribution in [0.15, 0.2) is 0 Å². The molecule has 0 rings (SSSR count). The highest BCUT2D eigenvalue weighted by Gasteiger charge is 2.24. The molecule has 0 fully saturated rings. The van der Waals surface area contributed by atoms with E-state index in [-0.39, 0.29) is 11.4 Å². The molecule has 96 valence electrons. The van der Waals surface area contributed by atoms with E-state index in [9.17, 15) is 4.79 Å².